The fraction of sp³-hybridized carbons (Fsp3) is 0.458. The van der Waals surface area contributed by atoms with E-state index in [9.17, 15) is 13.2 Å². The second-order valence-corrected chi connectivity index (χ2v) is 10.5. The van der Waals surface area contributed by atoms with Crippen molar-refractivity contribution in [3.63, 3.8) is 0 Å². The van der Waals surface area contributed by atoms with Crippen LogP contribution in [0, 0.1) is 6.92 Å². The van der Waals surface area contributed by atoms with Crippen LogP contribution in [0.4, 0.5) is 5.69 Å². The maximum atomic E-state index is 13.6. The molecule has 0 spiro atoms. The largest absolute Gasteiger partial charge is 0.308 e. The first kappa shape index (κ1) is 21.1. The lowest BCUT2D eigenvalue weighted by molar-refractivity contribution is -0.119. The summed E-state index contributed by atoms with van der Waals surface area (Å²) in [6, 6.07) is 14.7. The zero-order valence-corrected chi connectivity index (χ0v) is 18.6. The third-order valence-corrected chi connectivity index (χ3v) is 8.29. The maximum Gasteiger partial charge on any atom is 0.243 e. The van der Waals surface area contributed by atoms with Gasteiger partial charge in [-0.25, -0.2) is 8.42 Å². The number of carbonyl (C=O) groups is 1. The molecule has 1 unspecified atom stereocenters. The SMILES string of the molecule is Cc1ccc(S(=O)(=O)N(CC(=O)N2c3ccccc3CC2C)C2CCCCC2)cc1. The number of amides is 1. The molecule has 1 atom stereocenters. The summed E-state index contributed by atoms with van der Waals surface area (Å²) in [6.45, 7) is 3.85. The summed E-state index contributed by atoms with van der Waals surface area (Å²) in [4.78, 5) is 15.5. The number of para-hydroxylation sites is 1. The van der Waals surface area contributed by atoms with Crippen LogP contribution in [0.25, 0.3) is 0 Å². The number of carbonyl (C=O) groups excluding carboxylic acids is 1. The topological polar surface area (TPSA) is 57.7 Å². The molecule has 2 aromatic rings. The molecule has 0 saturated heterocycles. The summed E-state index contributed by atoms with van der Waals surface area (Å²) in [5, 5.41) is 0. The van der Waals surface area contributed by atoms with Crippen molar-refractivity contribution >= 4 is 21.6 Å². The van der Waals surface area contributed by atoms with E-state index in [2.05, 4.69) is 0 Å². The van der Waals surface area contributed by atoms with E-state index in [4.69, 9.17) is 0 Å². The maximum absolute atomic E-state index is 13.6. The predicted octanol–water partition coefficient (Wildman–Crippen LogP) is 4.30. The molecule has 2 aromatic carbocycles. The average Bonchev–Trinajstić information content (AvgIpc) is 3.08. The molecule has 0 radical (unpaired) electrons. The van der Waals surface area contributed by atoms with Gasteiger partial charge in [0, 0.05) is 17.8 Å². The molecular weight excluding hydrogens is 396 g/mol. The van der Waals surface area contributed by atoms with Gasteiger partial charge in [0.1, 0.15) is 0 Å². The van der Waals surface area contributed by atoms with E-state index < -0.39 is 10.0 Å². The van der Waals surface area contributed by atoms with Gasteiger partial charge in [-0.1, -0.05) is 55.2 Å². The van der Waals surface area contributed by atoms with E-state index in [1.807, 2.05) is 50.2 Å². The van der Waals surface area contributed by atoms with E-state index in [1.54, 1.807) is 17.0 Å². The van der Waals surface area contributed by atoms with Crippen molar-refractivity contribution in [3.8, 4) is 0 Å². The highest BCUT2D eigenvalue weighted by Crippen LogP contribution is 2.33. The molecule has 1 aliphatic carbocycles. The molecule has 0 N–H and O–H groups in total. The molecular formula is C24H30N2O3S. The first-order valence-corrected chi connectivity index (χ1v) is 12.3. The number of sulfonamides is 1. The summed E-state index contributed by atoms with van der Waals surface area (Å²) in [5.41, 5.74) is 3.06. The molecule has 1 heterocycles. The molecule has 5 nitrogen and oxygen atoms in total. The lowest BCUT2D eigenvalue weighted by Crippen LogP contribution is -2.49. The van der Waals surface area contributed by atoms with Crippen LogP contribution in [0.15, 0.2) is 53.4 Å². The molecule has 1 amide bonds. The van der Waals surface area contributed by atoms with Crippen LogP contribution in [0.5, 0.6) is 0 Å². The second-order valence-electron chi connectivity index (χ2n) is 8.60. The van der Waals surface area contributed by atoms with Crippen LogP contribution in [-0.4, -0.2) is 37.3 Å². The fourth-order valence-electron chi connectivity index (χ4n) is 4.78. The Morgan fingerprint density at radius 2 is 1.70 bits per heavy atom. The summed E-state index contributed by atoms with van der Waals surface area (Å²) in [5.74, 6) is -0.145. The van der Waals surface area contributed by atoms with Crippen LogP contribution in [-0.2, 0) is 21.2 Å². The number of fused-ring (bicyclic) bond motifs is 1. The highest BCUT2D eigenvalue weighted by molar-refractivity contribution is 7.89. The Labute approximate surface area is 179 Å². The molecule has 0 bridgehead atoms. The van der Waals surface area contributed by atoms with E-state index >= 15 is 0 Å². The summed E-state index contributed by atoms with van der Waals surface area (Å²) in [6.07, 6.45) is 5.55. The minimum Gasteiger partial charge on any atom is -0.308 e. The Kier molecular flexibility index (Phi) is 5.98. The molecule has 4 rings (SSSR count). The van der Waals surface area contributed by atoms with Crippen molar-refractivity contribution < 1.29 is 13.2 Å². The van der Waals surface area contributed by atoms with Gasteiger partial charge < -0.3 is 4.90 Å². The lowest BCUT2D eigenvalue weighted by Gasteiger charge is -2.34. The monoisotopic (exact) mass is 426 g/mol. The van der Waals surface area contributed by atoms with Crippen LogP contribution < -0.4 is 4.90 Å². The number of rotatable bonds is 5. The Bertz CT molecular complexity index is 1010. The lowest BCUT2D eigenvalue weighted by atomic mass is 9.95. The molecule has 160 valence electrons. The molecule has 30 heavy (non-hydrogen) atoms. The van der Waals surface area contributed by atoms with Crippen molar-refractivity contribution in [1.82, 2.24) is 4.31 Å². The van der Waals surface area contributed by atoms with Gasteiger partial charge in [-0.2, -0.15) is 4.31 Å². The summed E-state index contributed by atoms with van der Waals surface area (Å²) >= 11 is 0. The Balaban J connectivity index is 1.65. The van der Waals surface area contributed by atoms with E-state index in [-0.39, 0.29) is 29.4 Å². The number of aryl methyl sites for hydroxylation is 1. The first-order valence-electron chi connectivity index (χ1n) is 10.9. The van der Waals surface area contributed by atoms with Gasteiger partial charge >= 0.3 is 0 Å². The molecule has 1 fully saturated rings. The Hall–Kier alpha value is -2.18. The van der Waals surface area contributed by atoms with Gasteiger partial charge in [-0.05, 0) is 56.9 Å². The van der Waals surface area contributed by atoms with E-state index in [1.165, 1.54) is 4.31 Å². The Morgan fingerprint density at radius 1 is 1.03 bits per heavy atom. The number of anilines is 1. The van der Waals surface area contributed by atoms with Crippen molar-refractivity contribution in [2.45, 2.75) is 69.4 Å². The smallest absolute Gasteiger partial charge is 0.243 e. The number of hydrogen-bond donors (Lipinski definition) is 0. The molecule has 0 aromatic heterocycles. The molecule has 6 heteroatoms. The summed E-state index contributed by atoms with van der Waals surface area (Å²) < 4.78 is 28.6. The standard InChI is InChI=1S/C24H30N2O3S/c1-18-12-14-22(15-13-18)30(28,29)25(21-9-4-3-5-10-21)17-24(27)26-19(2)16-20-8-6-7-11-23(20)26/h6-8,11-15,19,21H,3-5,9-10,16-17H2,1-2H3. The molecule has 2 aliphatic rings. The minimum absolute atomic E-state index is 0.0326. The van der Waals surface area contributed by atoms with Crippen LogP contribution in [0.2, 0.25) is 0 Å². The zero-order chi connectivity index (χ0) is 21.3. The zero-order valence-electron chi connectivity index (χ0n) is 17.8. The van der Waals surface area contributed by atoms with Gasteiger partial charge in [0.15, 0.2) is 0 Å². The highest BCUT2D eigenvalue weighted by Gasteiger charge is 2.37. The van der Waals surface area contributed by atoms with Crippen molar-refractivity contribution in [2.24, 2.45) is 0 Å². The minimum atomic E-state index is -3.75. The van der Waals surface area contributed by atoms with Gasteiger partial charge in [-0.15, -0.1) is 0 Å². The summed E-state index contributed by atoms with van der Waals surface area (Å²) in [7, 11) is -3.75. The number of benzene rings is 2. The van der Waals surface area contributed by atoms with Gasteiger partial charge in [0.25, 0.3) is 0 Å². The average molecular weight is 427 g/mol. The van der Waals surface area contributed by atoms with Crippen LogP contribution >= 0.6 is 0 Å². The van der Waals surface area contributed by atoms with Gasteiger partial charge in [0.05, 0.1) is 11.4 Å². The molecule has 1 saturated carbocycles. The highest BCUT2D eigenvalue weighted by atomic mass is 32.2. The van der Waals surface area contributed by atoms with Crippen molar-refractivity contribution in [2.75, 3.05) is 11.4 Å². The van der Waals surface area contributed by atoms with Crippen LogP contribution in [0.3, 0.4) is 0 Å². The number of hydrogen-bond acceptors (Lipinski definition) is 3. The number of nitrogens with zero attached hydrogens (tertiary/aromatic N) is 2. The third-order valence-electron chi connectivity index (χ3n) is 6.38. The first-order chi connectivity index (χ1) is 14.4. The third kappa shape index (κ3) is 4.03. The van der Waals surface area contributed by atoms with Crippen molar-refractivity contribution in [1.29, 1.82) is 0 Å². The quantitative estimate of drug-likeness (QED) is 0.716. The Morgan fingerprint density at radius 3 is 2.40 bits per heavy atom. The normalized spacial score (nSPS) is 19.8. The molecule has 1 aliphatic heterocycles. The van der Waals surface area contributed by atoms with E-state index in [0.717, 1.165) is 55.3 Å². The fourth-order valence-corrected chi connectivity index (χ4v) is 6.41. The van der Waals surface area contributed by atoms with Crippen molar-refractivity contribution in [3.05, 3.63) is 59.7 Å². The second kappa shape index (κ2) is 8.52. The predicted molar refractivity (Wildman–Crippen MR) is 119 cm³/mol. The van der Waals surface area contributed by atoms with E-state index in [0.29, 0.717) is 0 Å². The van der Waals surface area contributed by atoms with Gasteiger partial charge in [0.2, 0.25) is 15.9 Å². The van der Waals surface area contributed by atoms with Crippen LogP contribution in [0.1, 0.15) is 50.2 Å². The van der Waals surface area contributed by atoms with Gasteiger partial charge in [-0.3, -0.25) is 4.79 Å².